The summed E-state index contributed by atoms with van der Waals surface area (Å²) >= 11 is 0. The molecule has 1 aromatic rings. The van der Waals surface area contributed by atoms with Crippen molar-refractivity contribution in [2.24, 2.45) is 12.0 Å². The van der Waals surface area contributed by atoms with Gasteiger partial charge in [-0.2, -0.15) is 5.10 Å². The highest BCUT2D eigenvalue weighted by molar-refractivity contribution is 14.0. The van der Waals surface area contributed by atoms with Crippen LogP contribution >= 0.6 is 24.0 Å². The van der Waals surface area contributed by atoms with E-state index < -0.39 is 0 Å². The van der Waals surface area contributed by atoms with E-state index in [0.29, 0.717) is 5.96 Å². The molecule has 7 nitrogen and oxygen atoms in total. The van der Waals surface area contributed by atoms with Crippen LogP contribution in [0.25, 0.3) is 0 Å². The minimum Gasteiger partial charge on any atom is -0.357 e. The average molecular weight is 436 g/mol. The minimum absolute atomic E-state index is 0. The molecule has 23 heavy (non-hydrogen) atoms. The summed E-state index contributed by atoms with van der Waals surface area (Å²) in [6, 6.07) is 0. The Morgan fingerprint density at radius 1 is 1.30 bits per heavy atom. The third-order valence-corrected chi connectivity index (χ3v) is 3.54. The second-order valence-electron chi connectivity index (χ2n) is 5.43. The molecule has 0 aromatic carbocycles. The fourth-order valence-corrected chi connectivity index (χ4v) is 2.12. The first kappa shape index (κ1) is 21.7. The van der Waals surface area contributed by atoms with Crippen molar-refractivity contribution < 1.29 is 4.79 Å². The average Bonchev–Trinajstić information content (AvgIpc) is 2.70. The van der Waals surface area contributed by atoms with Crippen LogP contribution < -0.4 is 10.6 Å². The maximum atomic E-state index is 11.6. The van der Waals surface area contributed by atoms with Crippen LogP contribution in [0.15, 0.2) is 4.99 Å². The van der Waals surface area contributed by atoms with E-state index in [-0.39, 0.29) is 36.4 Å². The van der Waals surface area contributed by atoms with Crippen molar-refractivity contribution in [1.82, 2.24) is 25.3 Å². The molecule has 0 unspecified atom stereocenters. The number of likely N-dealkylation sites (N-methyl/N-ethyl adjacent to an activating group) is 1. The molecule has 2 N–H and O–H groups in total. The number of halogens is 1. The number of hydrogen-bond acceptors (Lipinski definition) is 3. The van der Waals surface area contributed by atoms with E-state index in [0.717, 1.165) is 25.2 Å². The van der Waals surface area contributed by atoms with Gasteiger partial charge in [-0.25, -0.2) is 4.99 Å². The molecule has 0 aliphatic heterocycles. The van der Waals surface area contributed by atoms with Gasteiger partial charge in [0.15, 0.2) is 5.96 Å². The summed E-state index contributed by atoms with van der Waals surface area (Å²) in [6.07, 6.45) is 0.873. The molecule has 0 aliphatic rings. The number of aromatic nitrogens is 2. The maximum Gasteiger partial charge on any atom is 0.243 e. The van der Waals surface area contributed by atoms with E-state index in [4.69, 9.17) is 0 Å². The van der Waals surface area contributed by atoms with Gasteiger partial charge in [0, 0.05) is 39.9 Å². The molecule has 0 aliphatic carbocycles. The highest BCUT2D eigenvalue weighted by atomic mass is 127. The molecule has 1 aromatic heterocycles. The van der Waals surface area contributed by atoms with Crippen LogP contribution in [0.4, 0.5) is 0 Å². The van der Waals surface area contributed by atoms with Gasteiger partial charge in [0.2, 0.25) is 5.91 Å². The normalized spacial score (nSPS) is 11.0. The fourth-order valence-electron chi connectivity index (χ4n) is 2.12. The van der Waals surface area contributed by atoms with Crippen LogP contribution in [0.3, 0.4) is 0 Å². The molecular weight excluding hydrogens is 407 g/mol. The summed E-state index contributed by atoms with van der Waals surface area (Å²) < 4.78 is 1.90. The van der Waals surface area contributed by atoms with E-state index in [2.05, 4.69) is 27.6 Å². The van der Waals surface area contributed by atoms with E-state index in [1.165, 1.54) is 16.2 Å². The van der Waals surface area contributed by atoms with Gasteiger partial charge in [-0.3, -0.25) is 9.48 Å². The van der Waals surface area contributed by atoms with Crippen LogP contribution in [0.5, 0.6) is 0 Å². The topological polar surface area (TPSA) is 74.6 Å². The second-order valence-corrected chi connectivity index (χ2v) is 5.43. The Bertz CT molecular complexity index is 538. The molecule has 0 fully saturated rings. The Morgan fingerprint density at radius 2 is 1.96 bits per heavy atom. The standard InChI is InChI=1S/C15H28N6O.HI/c1-7-16-15(18-10-14(22)20(4)5)17-9-8-13-11(2)19-21(6)12(13)3;/h7-10H2,1-6H3,(H2,16,17,18);1H. The van der Waals surface area contributed by atoms with Gasteiger partial charge in [0.05, 0.1) is 5.69 Å². The molecule has 1 heterocycles. The molecule has 1 rings (SSSR count). The van der Waals surface area contributed by atoms with Crippen molar-refractivity contribution in [2.45, 2.75) is 27.2 Å². The van der Waals surface area contributed by atoms with Crippen LogP contribution in [-0.2, 0) is 18.3 Å². The van der Waals surface area contributed by atoms with Gasteiger partial charge in [0.25, 0.3) is 0 Å². The Balaban J connectivity index is 0.00000484. The Kier molecular flexibility index (Phi) is 9.85. The first-order chi connectivity index (χ1) is 10.4. The predicted octanol–water partition coefficient (Wildman–Crippen LogP) is 0.841. The zero-order chi connectivity index (χ0) is 16.7. The molecule has 0 bridgehead atoms. The number of guanidine groups is 1. The summed E-state index contributed by atoms with van der Waals surface area (Å²) in [7, 11) is 5.41. The van der Waals surface area contributed by atoms with Crippen molar-refractivity contribution in [3.8, 4) is 0 Å². The number of amides is 1. The van der Waals surface area contributed by atoms with E-state index in [1.54, 1.807) is 14.1 Å². The summed E-state index contributed by atoms with van der Waals surface area (Å²) in [4.78, 5) is 17.4. The Labute approximate surface area is 155 Å². The van der Waals surface area contributed by atoms with E-state index in [1.807, 2.05) is 25.6 Å². The highest BCUT2D eigenvalue weighted by Crippen LogP contribution is 2.11. The van der Waals surface area contributed by atoms with E-state index in [9.17, 15) is 4.79 Å². The van der Waals surface area contributed by atoms with Gasteiger partial charge < -0.3 is 15.5 Å². The van der Waals surface area contributed by atoms with Crippen LogP contribution in [0, 0.1) is 13.8 Å². The number of rotatable bonds is 6. The fraction of sp³-hybridized carbons (Fsp3) is 0.667. The summed E-state index contributed by atoms with van der Waals surface area (Å²) in [5.41, 5.74) is 3.51. The summed E-state index contributed by atoms with van der Waals surface area (Å²) in [5.74, 6) is 0.646. The lowest BCUT2D eigenvalue weighted by Gasteiger charge is -2.12. The molecule has 0 atom stereocenters. The highest BCUT2D eigenvalue weighted by Gasteiger charge is 2.09. The van der Waals surface area contributed by atoms with Gasteiger partial charge >= 0.3 is 0 Å². The molecule has 132 valence electrons. The van der Waals surface area contributed by atoms with Crippen LogP contribution in [0.1, 0.15) is 23.9 Å². The predicted molar refractivity (Wildman–Crippen MR) is 104 cm³/mol. The summed E-state index contributed by atoms with van der Waals surface area (Å²) in [5, 5.41) is 10.8. The molecule has 1 amide bonds. The van der Waals surface area contributed by atoms with Crippen LogP contribution in [0.2, 0.25) is 0 Å². The second kappa shape index (κ2) is 10.5. The van der Waals surface area contributed by atoms with Crippen molar-refractivity contribution in [1.29, 1.82) is 0 Å². The minimum atomic E-state index is -0.0175. The lowest BCUT2D eigenvalue weighted by Crippen LogP contribution is -2.39. The SMILES string of the molecule is CCNC(=NCC(=O)N(C)C)NCCc1c(C)nn(C)c1C.I. The molecule has 0 saturated heterocycles. The van der Waals surface area contributed by atoms with Gasteiger partial charge in [0.1, 0.15) is 6.54 Å². The van der Waals surface area contributed by atoms with Gasteiger partial charge in [-0.15, -0.1) is 24.0 Å². The van der Waals surface area contributed by atoms with E-state index >= 15 is 0 Å². The van der Waals surface area contributed by atoms with Gasteiger partial charge in [-0.1, -0.05) is 0 Å². The smallest absolute Gasteiger partial charge is 0.243 e. The first-order valence-corrected chi connectivity index (χ1v) is 7.58. The number of hydrogen-bond donors (Lipinski definition) is 2. The molecule has 0 saturated carbocycles. The third kappa shape index (κ3) is 6.76. The number of aryl methyl sites for hydroxylation is 2. The zero-order valence-corrected chi connectivity index (χ0v) is 17.3. The first-order valence-electron chi connectivity index (χ1n) is 7.58. The van der Waals surface area contributed by atoms with Crippen LogP contribution in [-0.4, -0.2) is 60.3 Å². The number of nitrogens with one attached hydrogen (secondary N) is 2. The monoisotopic (exact) mass is 436 g/mol. The lowest BCUT2D eigenvalue weighted by atomic mass is 10.1. The van der Waals surface area contributed by atoms with Gasteiger partial charge in [-0.05, 0) is 32.8 Å². The lowest BCUT2D eigenvalue weighted by molar-refractivity contribution is -0.127. The third-order valence-electron chi connectivity index (χ3n) is 3.54. The Hall–Kier alpha value is -1.32. The molecule has 0 radical (unpaired) electrons. The number of aliphatic imine (C=N–C) groups is 1. The van der Waals surface area contributed by atoms with Crippen molar-refractivity contribution in [3.05, 3.63) is 17.0 Å². The largest absolute Gasteiger partial charge is 0.357 e. The Morgan fingerprint density at radius 3 is 2.43 bits per heavy atom. The zero-order valence-electron chi connectivity index (χ0n) is 14.9. The number of nitrogens with zero attached hydrogens (tertiary/aromatic N) is 4. The van der Waals surface area contributed by atoms with Crippen molar-refractivity contribution in [3.63, 3.8) is 0 Å². The molecule has 0 spiro atoms. The quantitative estimate of drug-likeness (QED) is 0.394. The maximum absolute atomic E-state index is 11.6. The molecule has 8 heteroatoms. The van der Waals surface area contributed by atoms with Crippen molar-refractivity contribution >= 4 is 35.8 Å². The van der Waals surface area contributed by atoms with Crippen molar-refractivity contribution in [2.75, 3.05) is 33.7 Å². The number of carbonyl (C=O) groups excluding carboxylic acids is 1. The number of carbonyl (C=O) groups is 1. The molecular formula is C15H29IN6O. The summed E-state index contributed by atoms with van der Waals surface area (Å²) in [6.45, 7) is 7.75.